The zero-order valence-corrected chi connectivity index (χ0v) is 17.2. The first-order chi connectivity index (χ1) is 13.4. The number of ether oxygens (including phenoxy) is 1. The van der Waals surface area contributed by atoms with Crippen molar-refractivity contribution < 1.29 is 19.4 Å². The van der Waals surface area contributed by atoms with Gasteiger partial charge in [-0.15, -0.1) is 0 Å². The minimum absolute atomic E-state index is 0.0129. The molecule has 146 valence electrons. The molecule has 1 aromatic carbocycles. The molecule has 1 amide bonds. The highest BCUT2D eigenvalue weighted by atomic mass is 79.9. The average Bonchev–Trinajstić information content (AvgIpc) is 2.93. The van der Waals surface area contributed by atoms with Crippen LogP contribution in [0.2, 0.25) is 0 Å². The van der Waals surface area contributed by atoms with Gasteiger partial charge in [-0.25, -0.2) is 0 Å². The predicted molar refractivity (Wildman–Crippen MR) is 108 cm³/mol. The van der Waals surface area contributed by atoms with E-state index in [9.17, 15) is 14.7 Å². The Morgan fingerprint density at radius 3 is 2.43 bits per heavy atom. The summed E-state index contributed by atoms with van der Waals surface area (Å²) in [7, 11) is 0. The van der Waals surface area contributed by atoms with Crippen LogP contribution in [0, 0.1) is 0 Å². The van der Waals surface area contributed by atoms with Crippen LogP contribution < -0.4 is 0 Å². The van der Waals surface area contributed by atoms with E-state index in [2.05, 4.69) is 20.9 Å². The number of pyridine rings is 1. The van der Waals surface area contributed by atoms with E-state index >= 15 is 0 Å². The molecule has 1 N–H and O–H groups in total. The van der Waals surface area contributed by atoms with Gasteiger partial charge in [0.1, 0.15) is 5.76 Å². The number of nitrogens with zero attached hydrogens (tertiary/aromatic N) is 2. The van der Waals surface area contributed by atoms with Crippen LogP contribution in [-0.4, -0.2) is 45.9 Å². The molecule has 1 atom stereocenters. The number of ketones is 1. The molecule has 0 saturated carbocycles. The maximum Gasteiger partial charge on any atom is 0.295 e. The predicted octanol–water partition coefficient (Wildman–Crippen LogP) is 3.69. The largest absolute Gasteiger partial charge is 0.507 e. The zero-order chi connectivity index (χ0) is 20.3. The van der Waals surface area contributed by atoms with E-state index in [1.165, 1.54) is 4.90 Å². The molecule has 0 spiro atoms. The number of hydrogen-bond acceptors (Lipinski definition) is 5. The molecule has 7 heteroatoms. The van der Waals surface area contributed by atoms with E-state index in [1.807, 2.05) is 13.8 Å². The molecule has 1 fully saturated rings. The number of amides is 1. The van der Waals surface area contributed by atoms with E-state index < -0.39 is 17.7 Å². The highest BCUT2D eigenvalue weighted by Gasteiger charge is 2.45. The third-order valence-corrected chi connectivity index (χ3v) is 4.99. The molecule has 1 aliphatic heterocycles. The van der Waals surface area contributed by atoms with Gasteiger partial charge in [0.2, 0.25) is 0 Å². The van der Waals surface area contributed by atoms with Gasteiger partial charge in [0.15, 0.2) is 0 Å². The van der Waals surface area contributed by atoms with E-state index in [1.54, 1.807) is 48.8 Å². The number of aliphatic hydroxyl groups is 1. The summed E-state index contributed by atoms with van der Waals surface area (Å²) in [5, 5.41) is 10.9. The van der Waals surface area contributed by atoms with Crippen LogP contribution in [0.3, 0.4) is 0 Å². The molecule has 0 aliphatic carbocycles. The SMILES string of the molecule is CC(C)OCCN1C(=O)C(=O)/C(=C(\O)c2ccc(Br)cc2)C1c1ccncc1. The van der Waals surface area contributed by atoms with Crippen molar-refractivity contribution in [2.24, 2.45) is 0 Å². The lowest BCUT2D eigenvalue weighted by Gasteiger charge is -2.25. The van der Waals surface area contributed by atoms with Crippen molar-refractivity contribution in [1.29, 1.82) is 0 Å². The van der Waals surface area contributed by atoms with E-state index in [4.69, 9.17) is 4.74 Å². The standard InChI is InChI=1S/C21H21BrN2O4/c1-13(2)28-12-11-24-18(14-7-9-23-10-8-14)17(20(26)21(24)27)19(25)15-3-5-16(22)6-4-15/h3-10,13,18,25H,11-12H2,1-2H3/b19-17-. The van der Waals surface area contributed by atoms with Crippen molar-refractivity contribution in [2.75, 3.05) is 13.2 Å². The topological polar surface area (TPSA) is 79.7 Å². The van der Waals surface area contributed by atoms with Crippen LogP contribution >= 0.6 is 15.9 Å². The Hall–Kier alpha value is -2.51. The molecule has 0 bridgehead atoms. The summed E-state index contributed by atoms with van der Waals surface area (Å²) in [6, 6.07) is 9.70. The number of aromatic nitrogens is 1. The maximum absolute atomic E-state index is 12.8. The molecule has 3 rings (SSSR count). The van der Waals surface area contributed by atoms with E-state index in [-0.39, 0.29) is 24.0 Å². The first kappa shape index (κ1) is 20.2. The third kappa shape index (κ3) is 4.15. The Morgan fingerprint density at radius 1 is 1.18 bits per heavy atom. The molecular formula is C21H21BrN2O4. The molecule has 1 aromatic heterocycles. The van der Waals surface area contributed by atoms with Gasteiger partial charge in [0.05, 0.1) is 24.3 Å². The smallest absolute Gasteiger partial charge is 0.295 e. The minimum Gasteiger partial charge on any atom is -0.507 e. The normalized spacial score (nSPS) is 18.9. The number of carbonyl (C=O) groups is 2. The van der Waals surface area contributed by atoms with E-state index in [0.29, 0.717) is 17.7 Å². The van der Waals surface area contributed by atoms with Crippen molar-refractivity contribution >= 4 is 33.4 Å². The summed E-state index contributed by atoms with van der Waals surface area (Å²) in [6.07, 6.45) is 3.21. The number of halogens is 1. The third-order valence-electron chi connectivity index (χ3n) is 4.46. The summed E-state index contributed by atoms with van der Waals surface area (Å²) in [5.41, 5.74) is 1.25. The van der Waals surface area contributed by atoms with Gasteiger partial charge in [0.25, 0.3) is 11.7 Å². The van der Waals surface area contributed by atoms with Crippen LogP contribution in [0.5, 0.6) is 0 Å². The van der Waals surface area contributed by atoms with Gasteiger partial charge >= 0.3 is 0 Å². The average molecular weight is 445 g/mol. The lowest BCUT2D eigenvalue weighted by molar-refractivity contribution is -0.140. The first-order valence-electron chi connectivity index (χ1n) is 8.96. The van der Waals surface area contributed by atoms with Crippen LogP contribution in [0.15, 0.2) is 58.8 Å². The second kappa shape index (κ2) is 8.67. The minimum atomic E-state index is -0.702. The fourth-order valence-electron chi connectivity index (χ4n) is 3.15. The van der Waals surface area contributed by atoms with Crippen molar-refractivity contribution in [3.8, 4) is 0 Å². The second-order valence-electron chi connectivity index (χ2n) is 6.70. The summed E-state index contributed by atoms with van der Waals surface area (Å²) >= 11 is 3.35. The van der Waals surface area contributed by atoms with Crippen LogP contribution in [0.25, 0.3) is 5.76 Å². The summed E-state index contributed by atoms with van der Waals surface area (Å²) in [4.78, 5) is 31.0. The Morgan fingerprint density at radius 2 is 1.82 bits per heavy atom. The van der Waals surface area contributed by atoms with Gasteiger partial charge in [-0.05, 0) is 43.7 Å². The molecule has 1 unspecified atom stereocenters. The van der Waals surface area contributed by atoms with Gasteiger partial charge in [-0.2, -0.15) is 0 Å². The summed E-state index contributed by atoms with van der Waals surface area (Å²) in [6.45, 7) is 4.35. The number of carbonyl (C=O) groups excluding carboxylic acids is 2. The number of Topliss-reactive ketones (excluding diaryl/α,β-unsaturated/α-hetero) is 1. The van der Waals surface area contributed by atoms with Crippen LogP contribution in [0.4, 0.5) is 0 Å². The molecule has 28 heavy (non-hydrogen) atoms. The highest BCUT2D eigenvalue weighted by Crippen LogP contribution is 2.39. The molecule has 0 radical (unpaired) electrons. The molecule has 2 heterocycles. The van der Waals surface area contributed by atoms with Gasteiger partial charge in [-0.3, -0.25) is 14.6 Å². The summed E-state index contributed by atoms with van der Waals surface area (Å²) < 4.78 is 6.41. The highest BCUT2D eigenvalue weighted by molar-refractivity contribution is 9.10. The van der Waals surface area contributed by atoms with Crippen molar-refractivity contribution in [1.82, 2.24) is 9.88 Å². The van der Waals surface area contributed by atoms with Crippen LogP contribution in [-0.2, 0) is 14.3 Å². The molecule has 1 saturated heterocycles. The van der Waals surface area contributed by atoms with Crippen molar-refractivity contribution in [3.05, 3.63) is 70.0 Å². The van der Waals surface area contributed by atoms with Crippen LogP contribution in [0.1, 0.15) is 31.0 Å². The van der Waals surface area contributed by atoms with Gasteiger partial charge < -0.3 is 14.7 Å². The number of rotatable bonds is 6. The monoisotopic (exact) mass is 444 g/mol. The van der Waals surface area contributed by atoms with Gasteiger partial charge in [0, 0.05) is 29.0 Å². The number of hydrogen-bond donors (Lipinski definition) is 1. The first-order valence-corrected chi connectivity index (χ1v) is 9.75. The van der Waals surface area contributed by atoms with Crippen molar-refractivity contribution in [3.63, 3.8) is 0 Å². The molecule has 1 aliphatic rings. The number of benzene rings is 1. The fraction of sp³-hybridized carbons (Fsp3) is 0.286. The zero-order valence-electron chi connectivity index (χ0n) is 15.6. The van der Waals surface area contributed by atoms with Crippen molar-refractivity contribution in [2.45, 2.75) is 26.0 Å². The molecule has 2 aromatic rings. The Labute approximate surface area is 172 Å². The van der Waals surface area contributed by atoms with E-state index in [0.717, 1.165) is 4.47 Å². The fourth-order valence-corrected chi connectivity index (χ4v) is 3.42. The quantitative estimate of drug-likeness (QED) is 0.417. The Balaban J connectivity index is 2.06. The lowest BCUT2D eigenvalue weighted by atomic mass is 9.96. The Bertz CT molecular complexity index is 894. The Kier molecular flexibility index (Phi) is 6.26. The number of aliphatic hydroxyl groups excluding tert-OH is 1. The molecular weight excluding hydrogens is 424 g/mol. The molecule has 6 nitrogen and oxygen atoms in total. The second-order valence-corrected chi connectivity index (χ2v) is 7.62. The number of likely N-dealkylation sites (tertiary alicyclic amines) is 1. The lowest BCUT2D eigenvalue weighted by Crippen LogP contribution is -2.33. The maximum atomic E-state index is 12.8. The summed E-state index contributed by atoms with van der Waals surface area (Å²) in [5.74, 6) is -1.54. The van der Waals surface area contributed by atoms with Gasteiger partial charge in [-0.1, -0.05) is 28.1 Å².